The summed E-state index contributed by atoms with van der Waals surface area (Å²) < 4.78 is 5.45. The fourth-order valence-electron chi connectivity index (χ4n) is 1.38. The van der Waals surface area contributed by atoms with E-state index in [0.29, 0.717) is 6.01 Å². The van der Waals surface area contributed by atoms with Crippen molar-refractivity contribution in [2.45, 2.75) is 20.0 Å². The number of hydrogen-bond donors (Lipinski definition) is 0. The van der Waals surface area contributed by atoms with Crippen molar-refractivity contribution in [1.29, 1.82) is 0 Å². The Morgan fingerprint density at radius 2 is 1.81 bits per heavy atom. The number of ether oxygens (including phenoxy) is 1. The van der Waals surface area contributed by atoms with E-state index in [4.69, 9.17) is 4.74 Å². The van der Waals surface area contributed by atoms with Crippen molar-refractivity contribution in [3.05, 3.63) is 42.6 Å². The Hall–Kier alpha value is -1.90. The molecule has 1 heterocycles. The zero-order valence-electron chi connectivity index (χ0n) is 9.42. The van der Waals surface area contributed by atoms with Crippen molar-refractivity contribution in [1.82, 2.24) is 9.97 Å². The van der Waals surface area contributed by atoms with Gasteiger partial charge in [-0.3, -0.25) is 0 Å². The number of hydrogen-bond acceptors (Lipinski definition) is 3. The monoisotopic (exact) mass is 214 g/mol. The van der Waals surface area contributed by atoms with Gasteiger partial charge in [-0.25, -0.2) is 4.98 Å². The van der Waals surface area contributed by atoms with Gasteiger partial charge >= 0.3 is 6.01 Å². The fraction of sp³-hybridized carbons (Fsp3) is 0.231. The van der Waals surface area contributed by atoms with Gasteiger partial charge in [0.2, 0.25) is 0 Å². The maximum Gasteiger partial charge on any atom is 0.317 e. The topological polar surface area (TPSA) is 35.0 Å². The van der Waals surface area contributed by atoms with Crippen LogP contribution in [0.25, 0.3) is 11.3 Å². The zero-order chi connectivity index (χ0) is 11.4. The summed E-state index contributed by atoms with van der Waals surface area (Å²) in [4.78, 5) is 8.42. The van der Waals surface area contributed by atoms with E-state index < -0.39 is 0 Å². The molecule has 16 heavy (non-hydrogen) atoms. The average Bonchev–Trinajstić information content (AvgIpc) is 2.30. The highest BCUT2D eigenvalue weighted by Crippen LogP contribution is 2.17. The minimum Gasteiger partial charge on any atom is -0.461 e. The predicted molar refractivity (Wildman–Crippen MR) is 63.2 cm³/mol. The van der Waals surface area contributed by atoms with Crippen molar-refractivity contribution < 1.29 is 4.74 Å². The van der Waals surface area contributed by atoms with Crippen LogP contribution in [0.1, 0.15) is 13.8 Å². The molecule has 3 heteroatoms. The second-order valence-corrected chi connectivity index (χ2v) is 3.76. The first-order valence-corrected chi connectivity index (χ1v) is 5.31. The molecule has 82 valence electrons. The molecule has 0 spiro atoms. The van der Waals surface area contributed by atoms with E-state index in [1.165, 1.54) is 0 Å². The highest BCUT2D eigenvalue weighted by molar-refractivity contribution is 5.58. The first kappa shape index (κ1) is 10.6. The molecule has 0 radical (unpaired) electrons. The smallest absolute Gasteiger partial charge is 0.317 e. The molecule has 0 aliphatic carbocycles. The van der Waals surface area contributed by atoms with Crippen LogP contribution in [0, 0.1) is 0 Å². The molecule has 0 amide bonds. The molecular formula is C13H14N2O. The van der Waals surface area contributed by atoms with Gasteiger partial charge in [-0.15, -0.1) is 0 Å². The Morgan fingerprint density at radius 3 is 2.50 bits per heavy atom. The summed E-state index contributed by atoms with van der Waals surface area (Å²) in [6, 6.07) is 12.3. The van der Waals surface area contributed by atoms with E-state index >= 15 is 0 Å². The second kappa shape index (κ2) is 4.75. The largest absolute Gasteiger partial charge is 0.461 e. The quantitative estimate of drug-likeness (QED) is 0.788. The summed E-state index contributed by atoms with van der Waals surface area (Å²) in [5.41, 5.74) is 1.95. The van der Waals surface area contributed by atoms with Gasteiger partial charge in [-0.2, -0.15) is 4.98 Å². The van der Waals surface area contributed by atoms with Crippen LogP contribution in [-0.2, 0) is 0 Å². The second-order valence-electron chi connectivity index (χ2n) is 3.76. The number of nitrogens with zero attached hydrogens (tertiary/aromatic N) is 2. The lowest BCUT2D eigenvalue weighted by molar-refractivity contribution is 0.222. The number of aromatic nitrogens is 2. The van der Waals surface area contributed by atoms with Crippen molar-refractivity contribution in [2.24, 2.45) is 0 Å². The third kappa shape index (κ3) is 2.57. The molecule has 1 aromatic carbocycles. The minimum absolute atomic E-state index is 0.0889. The van der Waals surface area contributed by atoms with Gasteiger partial charge in [0.1, 0.15) is 0 Å². The van der Waals surface area contributed by atoms with Crippen LogP contribution >= 0.6 is 0 Å². The summed E-state index contributed by atoms with van der Waals surface area (Å²) in [5.74, 6) is 0. The normalized spacial score (nSPS) is 10.4. The zero-order valence-corrected chi connectivity index (χ0v) is 9.42. The Balaban J connectivity index is 2.29. The van der Waals surface area contributed by atoms with E-state index in [1.807, 2.05) is 50.2 Å². The molecule has 0 aliphatic heterocycles. The number of benzene rings is 1. The van der Waals surface area contributed by atoms with Crippen LogP contribution in [0.2, 0.25) is 0 Å². The van der Waals surface area contributed by atoms with Crippen LogP contribution in [0.4, 0.5) is 0 Å². The first-order valence-electron chi connectivity index (χ1n) is 5.31. The van der Waals surface area contributed by atoms with Crippen LogP contribution < -0.4 is 4.74 Å². The molecule has 2 aromatic rings. The minimum atomic E-state index is 0.0889. The molecule has 1 aromatic heterocycles. The molecule has 3 nitrogen and oxygen atoms in total. The molecule has 0 N–H and O–H groups in total. The third-order valence-electron chi connectivity index (χ3n) is 2.04. The van der Waals surface area contributed by atoms with Gasteiger partial charge in [0.15, 0.2) is 0 Å². The van der Waals surface area contributed by atoms with E-state index in [2.05, 4.69) is 9.97 Å². The molecule has 0 bridgehead atoms. The summed E-state index contributed by atoms with van der Waals surface area (Å²) in [7, 11) is 0. The summed E-state index contributed by atoms with van der Waals surface area (Å²) in [5, 5.41) is 0. The lowest BCUT2D eigenvalue weighted by atomic mass is 10.1. The van der Waals surface area contributed by atoms with Crippen molar-refractivity contribution in [2.75, 3.05) is 0 Å². The van der Waals surface area contributed by atoms with E-state index in [0.717, 1.165) is 11.3 Å². The lowest BCUT2D eigenvalue weighted by Gasteiger charge is -2.08. The van der Waals surface area contributed by atoms with Crippen LogP contribution in [0.5, 0.6) is 6.01 Å². The fourth-order valence-corrected chi connectivity index (χ4v) is 1.38. The standard InChI is InChI=1S/C13H14N2O/c1-10(2)16-13-14-9-8-12(15-13)11-6-4-3-5-7-11/h3-10H,1-2H3. The average molecular weight is 214 g/mol. The number of rotatable bonds is 3. The van der Waals surface area contributed by atoms with Crippen molar-refractivity contribution in [3.8, 4) is 17.3 Å². The lowest BCUT2D eigenvalue weighted by Crippen LogP contribution is -2.08. The van der Waals surface area contributed by atoms with Crippen LogP contribution in [0.3, 0.4) is 0 Å². The van der Waals surface area contributed by atoms with Crippen LogP contribution in [0.15, 0.2) is 42.6 Å². The highest BCUT2D eigenvalue weighted by Gasteiger charge is 2.03. The maximum absolute atomic E-state index is 5.45. The van der Waals surface area contributed by atoms with Gasteiger partial charge in [0.25, 0.3) is 0 Å². The molecule has 2 rings (SSSR count). The summed E-state index contributed by atoms with van der Waals surface area (Å²) >= 11 is 0. The van der Waals surface area contributed by atoms with E-state index in [9.17, 15) is 0 Å². The van der Waals surface area contributed by atoms with Crippen molar-refractivity contribution in [3.63, 3.8) is 0 Å². The molecule has 0 saturated carbocycles. The Kier molecular flexibility index (Phi) is 3.15. The Bertz CT molecular complexity index is 454. The molecule has 0 atom stereocenters. The summed E-state index contributed by atoms with van der Waals surface area (Å²) in [6.07, 6.45) is 1.80. The molecule has 0 saturated heterocycles. The Labute approximate surface area is 95.1 Å². The van der Waals surface area contributed by atoms with Gasteiger partial charge < -0.3 is 4.74 Å². The third-order valence-corrected chi connectivity index (χ3v) is 2.04. The van der Waals surface area contributed by atoms with E-state index in [1.54, 1.807) is 6.20 Å². The first-order chi connectivity index (χ1) is 7.75. The van der Waals surface area contributed by atoms with Gasteiger partial charge in [-0.1, -0.05) is 30.3 Å². The van der Waals surface area contributed by atoms with E-state index in [-0.39, 0.29) is 6.10 Å². The predicted octanol–water partition coefficient (Wildman–Crippen LogP) is 2.93. The van der Waals surface area contributed by atoms with Crippen molar-refractivity contribution >= 4 is 0 Å². The summed E-state index contributed by atoms with van der Waals surface area (Å²) in [6.45, 7) is 3.91. The SMILES string of the molecule is CC(C)Oc1nccc(-c2ccccc2)n1. The van der Waals surface area contributed by atoms with Gasteiger partial charge in [0.05, 0.1) is 11.8 Å². The van der Waals surface area contributed by atoms with Gasteiger partial charge in [0, 0.05) is 11.8 Å². The molecular weight excluding hydrogens is 200 g/mol. The Morgan fingerprint density at radius 1 is 1.06 bits per heavy atom. The van der Waals surface area contributed by atoms with Crippen LogP contribution in [-0.4, -0.2) is 16.1 Å². The highest BCUT2D eigenvalue weighted by atomic mass is 16.5. The van der Waals surface area contributed by atoms with Gasteiger partial charge in [-0.05, 0) is 19.9 Å². The molecule has 0 unspecified atom stereocenters. The molecule has 0 fully saturated rings. The maximum atomic E-state index is 5.45. The molecule has 0 aliphatic rings.